The minimum absolute atomic E-state index is 0.0709. The SMILES string of the molecule is Cc1nc(C2CCN(C(=O)c3cnc(N)nc3-c3ccccc3)CC2)n[nH]1. The summed E-state index contributed by atoms with van der Waals surface area (Å²) in [7, 11) is 0. The number of piperidine rings is 1. The number of H-pyrrole nitrogens is 1. The quantitative estimate of drug-likeness (QED) is 0.737. The molecule has 3 aromatic rings. The van der Waals surface area contributed by atoms with Gasteiger partial charge < -0.3 is 10.6 Å². The first-order valence-electron chi connectivity index (χ1n) is 8.98. The molecule has 0 bridgehead atoms. The highest BCUT2D eigenvalue weighted by Crippen LogP contribution is 2.28. The summed E-state index contributed by atoms with van der Waals surface area (Å²) < 4.78 is 0. The standard InChI is InChI=1S/C19H21N7O/c1-12-22-17(25-24-12)14-7-9-26(10-8-14)18(27)15-11-21-19(20)23-16(15)13-5-3-2-4-6-13/h2-6,11,14H,7-10H2,1H3,(H2,20,21,23)(H,22,24,25). The zero-order chi connectivity index (χ0) is 18.8. The highest BCUT2D eigenvalue weighted by Gasteiger charge is 2.28. The van der Waals surface area contributed by atoms with E-state index in [1.807, 2.05) is 42.2 Å². The molecule has 1 aliphatic heterocycles. The van der Waals surface area contributed by atoms with Gasteiger partial charge in [-0.2, -0.15) is 5.10 Å². The fourth-order valence-electron chi connectivity index (χ4n) is 3.42. The fourth-order valence-corrected chi connectivity index (χ4v) is 3.42. The summed E-state index contributed by atoms with van der Waals surface area (Å²) in [4.78, 5) is 27.7. The zero-order valence-electron chi connectivity index (χ0n) is 15.1. The second-order valence-corrected chi connectivity index (χ2v) is 6.70. The second kappa shape index (κ2) is 7.14. The van der Waals surface area contributed by atoms with Crippen LogP contribution in [0.2, 0.25) is 0 Å². The molecule has 138 valence electrons. The number of aryl methyl sites for hydroxylation is 1. The van der Waals surface area contributed by atoms with Crippen molar-refractivity contribution in [2.75, 3.05) is 18.8 Å². The lowest BCUT2D eigenvalue weighted by Gasteiger charge is -2.31. The third-order valence-corrected chi connectivity index (χ3v) is 4.85. The predicted octanol–water partition coefficient (Wildman–Crippen LogP) is 2.17. The summed E-state index contributed by atoms with van der Waals surface area (Å²) in [6.45, 7) is 3.19. The molecule has 0 saturated carbocycles. The van der Waals surface area contributed by atoms with Crippen molar-refractivity contribution in [1.82, 2.24) is 30.0 Å². The van der Waals surface area contributed by atoms with Gasteiger partial charge in [0.05, 0.1) is 11.3 Å². The van der Waals surface area contributed by atoms with E-state index in [2.05, 4.69) is 25.1 Å². The first-order chi connectivity index (χ1) is 13.1. The van der Waals surface area contributed by atoms with E-state index in [0.717, 1.165) is 30.1 Å². The molecule has 0 spiro atoms. The molecular weight excluding hydrogens is 342 g/mol. The lowest BCUT2D eigenvalue weighted by molar-refractivity contribution is 0.0711. The van der Waals surface area contributed by atoms with Gasteiger partial charge >= 0.3 is 0 Å². The van der Waals surface area contributed by atoms with E-state index >= 15 is 0 Å². The maximum absolute atomic E-state index is 13.1. The molecule has 3 N–H and O–H groups in total. The molecule has 4 rings (SSSR count). The van der Waals surface area contributed by atoms with Gasteiger partial charge in [-0.3, -0.25) is 9.89 Å². The first-order valence-corrected chi connectivity index (χ1v) is 8.98. The molecule has 0 aliphatic carbocycles. The van der Waals surface area contributed by atoms with Crippen LogP contribution in [0.1, 0.15) is 40.8 Å². The minimum Gasteiger partial charge on any atom is -0.368 e. The number of amides is 1. The highest BCUT2D eigenvalue weighted by molar-refractivity contribution is 5.99. The Hall–Kier alpha value is -3.29. The zero-order valence-corrected chi connectivity index (χ0v) is 15.1. The summed E-state index contributed by atoms with van der Waals surface area (Å²) in [6, 6.07) is 9.57. The van der Waals surface area contributed by atoms with Crippen molar-refractivity contribution in [3.05, 3.63) is 53.7 Å². The van der Waals surface area contributed by atoms with Crippen LogP contribution >= 0.6 is 0 Å². The Morgan fingerprint density at radius 2 is 1.93 bits per heavy atom. The number of anilines is 1. The van der Waals surface area contributed by atoms with Gasteiger partial charge in [0.25, 0.3) is 5.91 Å². The van der Waals surface area contributed by atoms with Crippen molar-refractivity contribution in [3.8, 4) is 11.3 Å². The number of likely N-dealkylation sites (tertiary alicyclic amines) is 1. The van der Waals surface area contributed by atoms with Gasteiger partial charge in [0.15, 0.2) is 5.82 Å². The summed E-state index contributed by atoms with van der Waals surface area (Å²) in [5.41, 5.74) is 7.66. The van der Waals surface area contributed by atoms with Gasteiger partial charge in [-0.15, -0.1) is 0 Å². The number of carbonyl (C=O) groups excluding carboxylic acids is 1. The highest BCUT2D eigenvalue weighted by atomic mass is 16.2. The largest absolute Gasteiger partial charge is 0.368 e. The fraction of sp³-hybridized carbons (Fsp3) is 0.316. The number of nitrogen functional groups attached to an aromatic ring is 1. The first kappa shape index (κ1) is 17.1. The molecule has 27 heavy (non-hydrogen) atoms. The number of aromatic nitrogens is 5. The second-order valence-electron chi connectivity index (χ2n) is 6.70. The van der Waals surface area contributed by atoms with E-state index in [1.54, 1.807) is 0 Å². The van der Waals surface area contributed by atoms with E-state index in [0.29, 0.717) is 24.3 Å². The maximum atomic E-state index is 13.1. The van der Waals surface area contributed by atoms with Crippen molar-refractivity contribution >= 4 is 11.9 Å². The van der Waals surface area contributed by atoms with E-state index in [-0.39, 0.29) is 17.8 Å². The molecule has 0 atom stereocenters. The van der Waals surface area contributed by atoms with E-state index in [1.165, 1.54) is 6.20 Å². The van der Waals surface area contributed by atoms with Crippen molar-refractivity contribution in [2.24, 2.45) is 0 Å². The van der Waals surface area contributed by atoms with E-state index in [9.17, 15) is 4.79 Å². The number of benzene rings is 1. The molecule has 0 radical (unpaired) electrons. The molecule has 0 unspecified atom stereocenters. The average Bonchev–Trinajstić information content (AvgIpc) is 3.14. The van der Waals surface area contributed by atoms with Crippen LogP contribution < -0.4 is 5.73 Å². The number of rotatable bonds is 3. The Morgan fingerprint density at radius 3 is 2.59 bits per heavy atom. The van der Waals surface area contributed by atoms with E-state index in [4.69, 9.17) is 5.73 Å². The topological polar surface area (TPSA) is 114 Å². The van der Waals surface area contributed by atoms with Crippen molar-refractivity contribution < 1.29 is 4.79 Å². The van der Waals surface area contributed by atoms with Crippen LogP contribution in [0.4, 0.5) is 5.95 Å². The van der Waals surface area contributed by atoms with E-state index < -0.39 is 0 Å². The number of aromatic amines is 1. The summed E-state index contributed by atoms with van der Waals surface area (Å²) >= 11 is 0. The lowest BCUT2D eigenvalue weighted by Crippen LogP contribution is -2.38. The molecule has 1 saturated heterocycles. The molecule has 2 aromatic heterocycles. The van der Waals surface area contributed by atoms with Crippen molar-refractivity contribution in [3.63, 3.8) is 0 Å². The third-order valence-electron chi connectivity index (χ3n) is 4.85. The number of hydrogen-bond donors (Lipinski definition) is 2. The number of nitrogens with one attached hydrogen (secondary N) is 1. The maximum Gasteiger partial charge on any atom is 0.257 e. The van der Waals surface area contributed by atoms with Crippen molar-refractivity contribution in [1.29, 1.82) is 0 Å². The summed E-state index contributed by atoms with van der Waals surface area (Å²) in [6.07, 6.45) is 3.19. The van der Waals surface area contributed by atoms with Crippen LogP contribution in [0.25, 0.3) is 11.3 Å². The van der Waals surface area contributed by atoms with Crippen LogP contribution in [0, 0.1) is 6.92 Å². The Kier molecular flexibility index (Phi) is 4.53. The summed E-state index contributed by atoms with van der Waals surface area (Å²) in [5, 5.41) is 7.14. The predicted molar refractivity (Wildman–Crippen MR) is 101 cm³/mol. The van der Waals surface area contributed by atoms with Crippen LogP contribution in [0.3, 0.4) is 0 Å². The Labute approximate surface area is 156 Å². The smallest absolute Gasteiger partial charge is 0.257 e. The van der Waals surface area contributed by atoms with Crippen LogP contribution in [-0.4, -0.2) is 49.0 Å². The number of hydrogen-bond acceptors (Lipinski definition) is 6. The monoisotopic (exact) mass is 363 g/mol. The third kappa shape index (κ3) is 3.51. The number of nitrogens with two attached hydrogens (primary N) is 1. The number of nitrogens with zero attached hydrogens (tertiary/aromatic N) is 5. The van der Waals surface area contributed by atoms with Gasteiger partial charge in [0.1, 0.15) is 5.82 Å². The molecule has 1 fully saturated rings. The molecule has 8 nitrogen and oxygen atoms in total. The van der Waals surface area contributed by atoms with Crippen LogP contribution in [-0.2, 0) is 0 Å². The van der Waals surface area contributed by atoms with Gasteiger partial charge in [0.2, 0.25) is 5.95 Å². The lowest BCUT2D eigenvalue weighted by atomic mass is 9.95. The molecule has 1 aliphatic rings. The van der Waals surface area contributed by atoms with Crippen LogP contribution in [0.5, 0.6) is 0 Å². The van der Waals surface area contributed by atoms with Crippen LogP contribution in [0.15, 0.2) is 36.5 Å². The van der Waals surface area contributed by atoms with Crippen molar-refractivity contribution in [2.45, 2.75) is 25.7 Å². The van der Waals surface area contributed by atoms with Gasteiger partial charge in [-0.1, -0.05) is 30.3 Å². The minimum atomic E-state index is -0.0709. The summed E-state index contributed by atoms with van der Waals surface area (Å²) in [5.74, 6) is 2.01. The average molecular weight is 363 g/mol. The molecule has 3 heterocycles. The molecular formula is C19H21N7O. The normalized spacial score (nSPS) is 15.1. The number of carbonyl (C=O) groups is 1. The van der Waals surface area contributed by atoms with Gasteiger partial charge in [-0.05, 0) is 19.8 Å². The molecule has 1 amide bonds. The van der Waals surface area contributed by atoms with Gasteiger partial charge in [-0.25, -0.2) is 15.0 Å². The Morgan fingerprint density at radius 1 is 1.19 bits per heavy atom. The Bertz CT molecular complexity index is 946. The molecule has 1 aromatic carbocycles. The van der Waals surface area contributed by atoms with Gasteiger partial charge in [0, 0.05) is 30.8 Å². The molecule has 8 heteroatoms. The Balaban J connectivity index is 1.54.